The number of hydrogen-bond donors (Lipinski definition) is 0. The van der Waals surface area contributed by atoms with E-state index in [0.29, 0.717) is 13.1 Å². The van der Waals surface area contributed by atoms with Gasteiger partial charge in [0, 0.05) is 19.0 Å². The second-order valence-corrected chi connectivity index (χ2v) is 5.75. The fourth-order valence-electron chi connectivity index (χ4n) is 2.46. The third-order valence-corrected chi connectivity index (χ3v) is 4.39. The fraction of sp³-hybridized carbons (Fsp3) is 0.727. The van der Waals surface area contributed by atoms with Crippen molar-refractivity contribution in [2.75, 3.05) is 18.8 Å². The van der Waals surface area contributed by atoms with Gasteiger partial charge >= 0.3 is 0 Å². The van der Waals surface area contributed by atoms with Crippen LogP contribution in [0, 0.1) is 5.92 Å². The van der Waals surface area contributed by atoms with Crippen molar-refractivity contribution in [2.24, 2.45) is 5.92 Å². The average molecular weight is 254 g/mol. The minimum Gasteiger partial charge on any atom is -0.340 e. The van der Waals surface area contributed by atoms with E-state index in [1.54, 1.807) is 0 Å². The van der Waals surface area contributed by atoms with Crippen LogP contribution in [0.25, 0.3) is 0 Å². The first kappa shape index (κ1) is 11.1. The van der Waals surface area contributed by atoms with Gasteiger partial charge in [-0.15, -0.1) is 0 Å². The molecule has 1 aliphatic carbocycles. The third kappa shape index (κ3) is 1.94. The first-order valence-electron chi connectivity index (χ1n) is 5.94. The summed E-state index contributed by atoms with van der Waals surface area (Å²) >= 11 is 1.06. The molecule has 2 aliphatic heterocycles. The Morgan fingerprint density at radius 1 is 1.24 bits per heavy atom. The zero-order valence-corrected chi connectivity index (χ0v) is 10.2. The van der Waals surface area contributed by atoms with Gasteiger partial charge in [-0.25, -0.2) is 0 Å². The van der Waals surface area contributed by atoms with Crippen LogP contribution < -0.4 is 0 Å². The quantitative estimate of drug-likeness (QED) is 0.727. The second kappa shape index (κ2) is 4.01. The number of amides is 3. The Kier molecular flexibility index (Phi) is 2.61. The summed E-state index contributed by atoms with van der Waals surface area (Å²) in [7, 11) is 0. The number of likely N-dealkylation sites (tertiary alicyclic amines) is 1. The highest BCUT2D eigenvalue weighted by Gasteiger charge is 2.42. The van der Waals surface area contributed by atoms with E-state index in [9.17, 15) is 14.4 Å². The molecule has 0 aromatic rings. The van der Waals surface area contributed by atoms with Gasteiger partial charge in [0.25, 0.3) is 5.24 Å². The van der Waals surface area contributed by atoms with Gasteiger partial charge in [0.15, 0.2) is 0 Å². The Bertz CT molecular complexity index is 378. The van der Waals surface area contributed by atoms with Crippen LogP contribution >= 0.6 is 11.8 Å². The Morgan fingerprint density at radius 2 is 2.00 bits per heavy atom. The zero-order chi connectivity index (χ0) is 12.0. The van der Waals surface area contributed by atoms with Crippen LogP contribution in [-0.4, -0.2) is 51.7 Å². The maximum Gasteiger partial charge on any atom is 0.289 e. The van der Waals surface area contributed by atoms with E-state index in [2.05, 4.69) is 0 Å². The molecule has 1 atom stereocenters. The van der Waals surface area contributed by atoms with Crippen LogP contribution in [0.5, 0.6) is 0 Å². The summed E-state index contributed by atoms with van der Waals surface area (Å²) < 4.78 is 0. The number of rotatable bonds is 2. The molecule has 0 bridgehead atoms. The number of thioether (sulfide) groups is 1. The topological polar surface area (TPSA) is 57.7 Å². The van der Waals surface area contributed by atoms with Gasteiger partial charge in [-0.1, -0.05) is 11.8 Å². The number of imide groups is 1. The van der Waals surface area contributed by atoms with Gasteiger partial charge in [-0.05, 0) is 19.3 Å². The van der Waals surface area contributed by atoms with Crippen molar-refractivity contribution >= 4 is 28.8 Å². The largest absolute Gasteiger partial charge is 0.340 e. The molecular formula is C11H14N2O3S. The highest BCUT2D eigenvalue weighted by Crippen LogP contribution is 2.33. The minimum absolute atomic E-state index is 0.0901. The van der Waals surface area contributed by atoms with Crippen molar-refractivity contribution in [3.63, 3.8) is 0 Å². The van der Waals surface area contributed by atoms with Crippen LogP contribution in [0.4, 0.5) is 4.79 Å². The average Bonchev–Trinajstić information content (AvgIpc) is 2.96. The normalized spacial score (nSPS) is 29.3. The molecule has 2 heterocycles. The molecule has 92 valence electrons. The van der Waals surface area contributed by atoms with Crippen molar-refractivity contribution < 1.29 is 14.4 Å². The fourth-order valence-corrected chi connectivity index (χ4v) is 3.23. The molecule has 3 amide bonds. The molecular weight excluding hydrogens is 240 g/mol. The van der Waals surface area contributed by atoms with E-state index in [4.69, 9.17) is 0 Å². The van der Waals surface area contributed by atoms with Crippen molar-refractivity contribution in [2.45, 2.75) is 25.3 Å². The summed E-state index contributed by atoms with van der Waals surface area (Å²) in [6.07, 6.45) is 2.73. The lowest BCUT2D eigenvalue weighted by atomic mass is 10.2. The highest BCUT2D eigenvalue weighted by molar-refractivity contribution is 8.14. The second-order valence-electron chi connectivity index (χ2n) is 4.82. The Hall–Kier alpha value is -1.04. The summed E-state index contributed by atoms with van der Waals surface area (Å²) in [6, 6.07) is -0.0901. The number of carbonyl (C=O) groups is 3. The van der Waals surface area contributed by atoms with Crippen molar-refractivity contribution in [3.8, 4) is 0 Å². The smallest absolute Gasteiger partial charge is 0.289 e. The summed E-state index contributed by atoms with van der Waals surface area (Å²) in [4.78, 5) is 38.2. The van der Waals surface area contributed by atoms with Gasteiger partial charge < -0.3 is 4.90 Å². The first-order chi connectivity index (χ1) is 8.16. The van der Waals surface area contributed by atoms with E-state index >= 15 is 0 Å². The molecule has 0 radical (unpaired) electrons. The summed E-state index contributed by atoms with van der Waals surface area (Å²) in [6.45, 7) is 1.22. The van der Waals surface area contributed by atoms with E-state index in [-0.39, 0.29) is 34.8 Å². The number of hydrogen-bond acceptors (Lipinski definition) is 4. The maximum absolute atomic E-state index is 11.9. The van der Waals surface area contributed by atoms with Crippen molar-refractivity contribution in [1.82, 2.24) is 9.80 Å². The molecule has 5 nitrogen and oxygen atoms in total. The molecule has 0 spiro atoms. The van der Waals surface area contributed by atoms with E-state index in [0.717, 1.165) is 31.0 Å². The van der Waals surface area contributed by atoms with Crippen LogP contribution in [-0.2, 0) is 9.59 Å². The predicted octanol–water partition coefficient (Wildman–Crippen LogP) is 0.693. The molecule has 6 heteroatoms. The molecule has 0 aromatic carbocycles. The van der Waals surface area contributed by atoms with Gasteiger partial charge in [0.05, 0.1) is 11.8 Å². The summed E-state index contributed by atoms with van der Waals surface area (Å²) in [5, 5.41) is -0.152. The minimum atomic E-state index is -0.152. The first-order valence-corrected chi connectivity index (χ1v) is 6.93. The lowest BCUT2D eigenvalue weighted by Gasteiger charge is -2.21. The van der Waals surface area contributed by atoms with E-state index in [1.807, 2.05) is 4.90 Å². The van der Waals surface area contributed by atoms with Crippen molar-refractivity contribution in [1.29, 1.82) is 0 Å². The molecule has 3 rings (SSSR count). The predicted molar refractivity (Wildman–Crippen MR) is 62.4 cm³/mol. The standard InChI is InChI=1S/C11H14N2O3S/c14-9-6-17-11(16)13(9)8-3-4-12(5-8)10(15)7-1-2-7/h7-8H,1-6H2/t8-/m1/s1. The lowest BCUT2D eigenvalue weighted by molar-refractivity contribution is -0.132. The molecule has 1 saturated carbocycles. The van der Waals surface area contributed by atoms with Crippen LogP contribution in [0.1, 0.15) is 19.3 Å². The van der Waals surface area contributed by atoms with E-state index < -0.39 is 0 Å². The van der Waals surface area contributed by atoms with Gasteiger partial charge in [-0.2, -0.15) is 0 Å². The van der Waals surface area contributed by atoms with Crippen LogP contribution in [0.15, 0.2) is 0 Å². The van der Waals surface area contributed by atoms with Gasteiger partial charge in [-0.3, -0.25) is 19.3 Å². The molecule has 3 fully saturated rings. The monoisotopic (exact) mass is 254 g/mol. The highest BCUT2D eigenvalue weighted by atomic mass is 32.2. The van der Waals surface area contributed by atoms with Crippen LogP contribution in [0.2, 0.25) is 0 Å². The molecule has 0 unspecified atom stereocenters. The van der Waals surface area contributed by atoms with Gasteiger partial charge in [0.2, 0.25) is 11.8 Å². The number of nitrogens with zero attached hydrogens (tertiary/aromatic N) is 2. The SMILES string of the molecule is O=C(C1CC1)N1CC[C@@H](N2C(=O)CSC2=O)C1. The van der Waals surface area contributed by atoms with Gasteiger partial charge in [0.1, 0.15) is 0 Å². The molecule has 0 N–H and O–H groups in total. The van der Waals surface area contributed by atoms with Crippen molar-refractivity contribution in [3.05, 3.63) is 0 Å². The van der Waals surface area contributed by atoms with Crippen LogP contribution in [0.3, 0.4) is 0 Å². The number of carbonyl (C=O) groups excluding carboxylic acids is 3. The maximum atomic E-state index is 11.9. The molecule has 0 aromatic heterocycles. The Morgan fingerprint density at radius 3 is 2.59 bits per heavy atom. The lowest BCUT2D eigenvalue weighted by Crippen LogP contribution is -2.41. The zero-order valence-electron chi connectivity index (χ0n) is 9.42. The summed E-state index contributed by atoms with van der Waals surface area (Å²) in [5.74, 6) is 0.574. The molecule has 2 saturated heterocycles. The molecule has 17 heavy (non-hydrogen) atoms. The molecule has 3 aliphatic rings. The Labute approximate surface area is 103 Å². The Balaban J connectivity index is 1.65. The third-order valence-electron chi connectivity index (χ3n) is 3.55. The van der Waals surface area contributed by atoms with E-state index in [1.165, 1.54) is 4.90 Å². The summed E-state index contributed by atoms with van der Waals surface area (Å²) in [5.41, 5.74) is 0.